The fraction of sp³-hybridized carbons (Fsp3) is 0.526. The molecule has 0 aromatic heterocycles. The van der Waals surface area contributed by atoms with Gasteiger partial charge in [-0.05, 0) is 30.9 Å². The van der Waals surface area contributed by atoms with Crippen molar-refractivity contribution in [3.05, 3.63) is 30.3 Å². The van der Waals surface area contributed by atoms with Crippen LogP contribution in [0.1, 0.15) is 26.2 Å². The van der Waals surface area contributed by atoms with Gasteiger partial charge in [-0.1, -0.05) is 25.1 Å². The second kappa shape index (κ2) is 5.86. The summed E-state index contributed by atoms with van der Waals surface area (Å²) in [5, 5.41) is 2.95. The number of aliphatic imine (C=N–C) groups is 1. The Labute approximate surface area is 147 Å². The zero-order valence-electron chi connectivity index (χ0n) is 14.7. The zero-order chi connectivity index (χ0) is 17.6. The maximum atomic E-state index is 12.9. The van der Waals surface area contributed by atoms with Gasteiger partial charge in [-0.25, -0.2) is 4.79 Å². The molecule has 3 aliphatic rings. The number of urea groups is 1. The molecule has 1 saturated heterocycles. The van der Waals surface area contributed by atoms with Crippen molar-refractivity contribution in [2.75, 3.05) is 25.5 Å². The molecule has 1 aromatic carbocycles. The monoisotopic (exact) mass is 340 g/mol. The summed E-state index contributed by atoms with van der Waals surface area (Å²) < 4.78 is 0. The number of nitrogens with zero attached hydrogens (tertiary/aromatic N) is 3. The second-order valence-electron chi connectivity index (χ2n) is 7.28. The molecule has 25 heavy (non-hydrogen) atoms. The number of likely N-dealkylation sites (tertiary alicyclic amines) is 1. The number of benzene rings is 1. The highest BCUT2D eigenvalue weighted by Gasteiger charge is 2.60. The molecule has 4 rings (SSSR count). The fourth-order valence-electron chi connectivity index (χ4n) is 4.67. The van der Waals surface area contributed by atoms with Gasteiger partial charge in [-0.15, -0.1) is 0 Å². The van der Waals surface area contributed by atoms with Crippen molar-refractivity contribution >= 4 is 23.5 Å². The van der Waals surface area contributed by atoms with E-state index < -0.39 is 5.54 Å². The predicted molar refractivity (Wildman–Crippen MR) is 96.5 cm³/mol. The number of para-hydroxylation sites is 1. The number of amides is 3. The van der Waals surface area contributed by atoms with E-state index >= 15 is 0 Å². The minimum Gasteiger partial charge on any atom is -0.324 e. The van der Waals surface area contributed by atoms with Gasteiger partial charge in [0.05, 0.1) is 0 Å². The number of amidine groups is 1. The van der Waals surface area contributed by atoms with Crippen molar-refractivity contribution in [1.82, 2.24) is 9.80 Å². The first-order valence-corrected chi connectivity index (χ1v) is 9.03. The van der Waals surface area contributed by atoms with Crippen LogP contribution >= 0.6 is 0 Å². The average molecular weight is 340 g/mol. The van der Waals surface area contributed by atoms with Crippen molar-refractivity contribution in [2.24, 2.45) is 16.8 Å². The lowest BCUT2D eigenvalue weighted by Gasteiger charge is -2.27. The highest BCUT2D eigenvalue weighted by Crippen LogP contribution is 2.50. The van der Waals surface area contributed by atoms with Crippen LogP contribution in [0.3, 0.4) is 0 Å². The summed E-state index contributed by atoms with van der Waals surface area (Å²) in [7, 11) is 1.82. The first kappa shape index (κ1) is 16.1. The normalized spacial score (nSPS) is 30.8. The first-order chi connectivity index (χ1) is 12.0. The fourth-order valence-corrected chi connectivity index (χ4v) is 4.67. The summed E-state index contributed by atoms with van der Waals surface area (Å²) in [5.41, 5.74) is 0.161. The summed E-state index contributed by atoms with van der Waals surface area (Å²) in [6, 6.07) is 9.39. The van der Waals surface area contributed by atoms with Crippen LogP contribution in [-0.4, -0.2) is 53.2 Å². The van der Waals surface area contributed by atoms with Crippen LogP contribution in [0, 0.1) is 11.8 Å². The van der Waals surface area contributed by atoms with Crippen LogP contribution in [0.2, 0.25) is 0 Å². The van der Waals surface area contributed by atoms with Gasteiger partial charge in [0.15, 0.2) is 0 Å². The summed E-state index contributed by atoms with van der Waals surface area (Å²) in [6.07, 6.45) is 2.53. The number of nitrogens with one attached hydrogen (secondary N) is 1. The molecule has 1 spiro atoms. The summed E-state index contributed by atoms with van der Waals surface area (Å²) in [6.45, 7) is 3.34. The van der Waals surface area contributed by atoms with Gasteiger partial charge in [-0.2, -0.15) is 0 Å². The summed E-state index contributed by atoms with van der Waals surface area (Å²) in [4.78, 5) is 33.9. The van der Waals surface area contributed by atoms with Gasteiger partial charge in [0.25, 0.3) is 5.91 Å². The quantitative estimate of drug-likeness (QED) is 0.899. The second-order valence-corrected chi connectivity index (χ2v) is 7.28. The third-order valence-electron chi connectivity index (χ3n) is 5.97. The smallest absolute Gasteiger partial charge is 0.321 e. The topological polar surface area (TPSA) is 65.0 Å². The van der Waals surface area contributed by atoms with Crippen LogP contribution in [0.5, 0.6) is 0 Å². The van der Waals surface area contributed by atoms with Gasteiger partial charge in [0.1, 0.15) is 11.4 Å². The maximum absolute atomic E-state index is 12.9. The molecule has 2 fully saturated rings. The molecule has 6 nitrogen and oxygen atoms in total. The molecular formula is C19H24N4O2. The standard InChI is InChI=1S/C19H24N4O2/c1-3-16-21-19(17(24)22(16)2)10-9-13-11-23(12-15(13)19)18(25)20-14-7-5-4-6-8-14/h4-8,13,15H,3,9-12H2,1-2H3,(H,20,25)/t13-,15+,19-/m1/s1. The van der Waals surface area contributed by atoms with E-state index in [1.807, 2.05) is 49.2 Å². The van der Waals surface area contributed by atoms with Gasteiger partial charge in [-0.3, -0.25) is 9.79 Å². The Morgan fingerprint density at radius 1 is 1.32 bits per heavy atom. The van der Waals surface area contributed by atoms with Gasteiger partial charge >= 0.3 is 6.03 Å². The number of hydrogen-bond acceptors (Lipinski definition) is 3. The number of carbonyl (C=O) groups is 2. The van der Waals surface area contributed by atoms with Crippen LogP contribution in [-0.2, 0) is 4.79 Å². The largest absolute Gasteiger partial charge is 0.324 e. The van der Waals surface area contributed by atoms with Gasteiger partial charge in [0.2, 0.25) is 0 Å². The van der Waals surface area contributed by atoms with Crippen LogP contribution in [0.15, 0.2) is 35.3 Å². The van der Waals surface area contributed by atoms with E-state index in [1.54, 1.807) is 4.90 Å². The Balaban J connectivity index is 1.51. The van der Waals surface area contributed by atoms with Crippen molar-refractivity contribution in [3.8, 4) is 0 Å². The minimum atomic E-state index is -0.632. The molecule has 0 unspecified atom stereocenters. The Hall–Kier alpha value is -2.37. The third-order valence-corrected chi connectivity index (χ3v) is 5.97. The van der Waals surface area contributed by atoms with Crippen molar-refractivity contribution in [1.29, 1.82) is 0 Å². The zero-order valence-corrected chi connectivity index (χ0v) is 14.7. The molecule has 3 amide bonds. The molecule has 1 aromatic rings. The van der Waals surface area contributed by atoms with Crippen LogP contribution in [0.25, 0.3) is 0 Å². The SMILES string of the molecule is CCC1=N[C@@]2(CC[C@@H]3CN(C(=O)Nc4ccccc4)C[C@@H]32)C(=O)N1C. The van der Waals surface area contributed by atoms with E-state index in [1.165, 1.54) is 0 Å². The van der Waals surface area contributed by atoms with E-state index in [-0.39, 0.29) is 17.9 Å². The van der Waals surface area contributed by atoms with Gasteiger partial charge < -0.3 is 15.1 Å². The Kier molecular flexibility index (Phi) is 3.78. The number of rotatable bonds is 2. The van der Waals surface area contributed by atoms with E-state index in [2.05, 4.69) is 5.32 Å². The Morgan fingerprint density at radius 2 is 2.08 bits per heavy atom. The molecule has 2 aliphatic heterocycles. The van der Waals surface area contributed by atoms with E-state index in [0.29, 0.717) is 19.0 Å². The van der Waals surface area contributed by atoms with E-state index in [0.717, 1.165) is 30.8 Å². The lowest BCUT2D eigenvalue weighted by Crippen LogP contribution is -2.46. The number of fused-ring (bicyclic) bond motifs is 2. The van der Waals surface area contributed by atoms with Crippen LogP contribution < -0.4 is 5.32 Å². The third kappa shape index (κ3) is 2.42. The molecule has 1 aliphatic carbocycles. The van der Waals surface area contributed by atoms with E-state index in [4.69, 9.17) is 4.99 Å². The molecule has 0 bridgehead atoms. The molecule has 132 valence electrons. The van der Waals surface area contributed by atoms with E-state index in [9.17, 15) is 9.59 Å². The van der Waals surface area contributed by atoms with Crippen LogP contribution in [0.4, 0.5) is 10.5 Å². The molecular weight excluding hydrogens is 316 g/mol. The first-order valence-electron chi connectivity index (χ1n) is 9.03. The highest BCUT2D eigenvalue weighted by atomic mass is 16.2. The molecule has 2 heterocycles. The minimum absolute atomic E-state index is 0.0887. The highest BCUT2D eigenvalue weighted by molar-refractivity contribution is 6.08. The number of carbonyl (C=O) groups excluding carboxylic acids is 2. The number of hydrogen-bond donors (Lipinski definition) is 1. The lowest BCUT2D eigenvalue weighted by atomic mass is 9.85. The van der Waals surface area contributed by atoms with Crippen molar-refractivity contribution < 1.29 is 9.59 Å². The lowest BCUT2D eigenvalue weighted by molar-refractivity contribution is -0.131. The molecule has 1 N–H and O–H groups in total. The Bertz CT molecular complexity index is 732. The molecule has 6 heteroatoms. The number of likely N-dealkylation sites (N-methyl/N-ethyl adjacent to an activating group) is 1. The Morgan fingerprint density at radius 3 is 2.76 bits per heavy atom. The van der Waals surface area contributed by atoms with Crippen molar-refractivity contribution in [2.45, 2.75) is 31.7 Å². The average Bonchev–Trinajstić information content (AvgIpc) is 3.26. The maximum Gasteiger partial charge on any atom is 0.321 e. The molecule has 3 atom stereocenters. The summed E-state index contributed by atoms with van der Waals surface area (Å²) in [5.74, 6) is 1.48. The predicted octanol–water partition coefficient (Wildman–Crippen LogP) is 2.58. The van der Waals surface area contributed by atoms with Gasteiger partial charge in [0, 0.05) is 38.2 Å². The van der Waals surface area contributed by atoms with Crippen molar-refractivity contribution in [3.63, 3.8) is 0 Å². The molecule has 0 radical (unpaired) electrons. The number of anilines is 1. The summed E-state index contributed by atoms with van der Waals surface area (Å²) >= 11 is 0. The molecule has 1 saturated carbocycles.